The third-order valence-corrected chi connectivity index (χ3v) is 10.5. The molecule has 4 heteroatoms. The molecular formula is C25H42O4. The van der Waals surface area contributed by atoms with Crippen LogP contribution in [0.4, 0.5) is 0 Å². The fraction of sp³-hybridized carbons (Fsp3) is 0.960. The Bertz CT molecular complexity index is 620. The van der Waals surface area contributed by atoms with Crippen molar-refractivity contribution in [2.75, 3.05) is 7.11 Å². The van der Waals surface area contributed by atoms with Gasteiger partial charge in [-0.15, -0.1) is 0 Å². The number of methoxy groups -OCH3 is 1. The topological polar surface area (TPSA) is 66.8 Å². The number of hydrogen-bond donors (Lipinski definition) is 2. The van der Waals surface area contributed by atoms with E-state index >= 15 is 0 Å². The van der Waals surface area contributed by atoms with Gasteiger partial charge in [0.2, 0.25) is 0 Å². The quantitative estimate of drug-likeness (QED) is 0.671. The van der Waals surface area contributed by atoms with Gasteiger partial charge in [-0.05, 0) is 104 Å². The highest BCUT2D eigenvalue weighted by molar-refractivity contribution is 5.69. The standard InChI is InChI=1S/C25H42O4/c1-15(5-10-23(28)29-4)19-8-9-20-18-7-6-16-13-17(26)11-12-24(16,2)21(18)14-22(27)25(19,20)3/h15-22,26-27H,5-14H2,1-4H3/t15-,16+,17+,18-,19-,20-,21-,22-,24-,25+/m0/s1. The number of aliphatic hydroxyl groups is 2. The maximum atomic E-state index is 11.6. The van der Waals surface area contributed by atoms with Crippen molar-refractivity contribution >= 4 is 5.97 Å². The first kappa shape index (κ1) is 21.6. The van der Waals surface area contributed by atoms with Crippen LogP contribution in [0.15, 0.2) is 0 Å². The Morgan fingerprint density at radius 3 is 2.55 bits per heavy atom. The molecule has 0 spiro atoms. The van der Waals surface area contributed by atoms with E-state index in [4.69, 9.17) is 4.74 Å². The minimum Gasteiger partial charge on any atom is -0.469 e. The zero-order valence-electron chi connectivity index (χ0n) is 18.9. The zero-order chi connectivity index (χ0) is 21.0. The van der Waals surface area contributed by atoms with Crippen molar-refractivity contribution in [1.29, 1.82) is 0 Å². The highest BCUT2D eigenvalue weighted by Crippen LogP contribution is 2.68. The molecular weight excluding hydrogens is 364 g/mol. The van der Waals surface area contributed by atoms with Gasteiger partial charge in [0.05, 0.1) is 19.3 Å². The molecule has 0 saturated heterocycles. The first-order valence-corrected chi connectivity index (χ1v) is 12.1. The van der Waals surface area contributed by atoms with E-state index in [1.165, 1.54) is 32.8 Å². The van der Waals surface area contributed by atoms with Crippen molar-refractivity contribution in [2.24, 2.45) is 46.3 Å². The molecule has 0 radical (unpaired) electrons. The summed E-state index contributed by atoms with van der Waals surface area (Å²) in [5.74, 6) is 3.36. The Kier molecular flexibility index (Phi) is 5.83. The van der Waals surface area contributed by atoms with Crippen LogP contribution >= 0.6 is 0 Å². The Balaban J connectivity index is 1.53. The second-order valence-corrected chi connectivity index (χ2v) is 11.5. The van der Waals surface area contributed by atoms with E-state index in [1.54, 1.807) is 0 Å². The summed E-state index contributed by atoms with van der Waals surface area (Å²) in [6, 6.07) is 0. The third kappa shape index (κ3) is 3.37. The SMILES string of the molecule is COC(=O)CC[C@H](C)[C@@H]1CC[C@H]2[C@@H]3CC[C@@H]4C[C@H](O)CC[C@]4(C)[C@H]3C[C@H](O)[C@@]21C. The predicted molar refractivity (Wildman–Crippen MR) is 113 cm³/mol. The maximum absolute atomic E-state index is 11.6. The lowest BCUT2D eigenvalue weighted by atomic mass is 9.43. The van der Waals surface area contributed by atoms with E-state index in [1.807, 2.05) is 0 Å². The number of carbonyl (C=O) groups excluding carboxylic acids is 1. The Morgan fingerprint density at radius 1 is 1.07 bits per heavy atom. The van der Waals surface area contributed by atoms with Crippen LogP contribution in [0.1, 0.15) is 85.0 Å². The van der Waals surface area contributed by atoms with Gasteiger partial charge in [0.1, 0.15) is 0 Å². The van der Waals surface area contributed by atoms with Crippen LogP contribution in [-0.2, 0) is 9.53 Å². The average Bonchev–Trinajstić information content (AvgIpc) is 3.06. The van der Waals surface area contributed by atoms with Gasteiger partial charge in [0, 0.05) is 6.42 Å². The summed E-state index contributed by atoms with van der Waals surface area (Å²) in [5, 5.41) is 21.8. The summed E-state index contributed by atoms with van der Waals surface area (Å²) in [6.45, 7) is 7.12. The molecule has 0 aromatic carbocycles. The van der Waals surface area contributed by atoms with E-state index < -0.39 is 0 Å². The number of ether oxygens (including phenoxy) is 1. The van der Waals surface area contributed by atoms with Gasteiger partial charge in [0.25, 0.3) is 0 Å². The van der Waals surface area contributed by atoms with Gasteiger partial charge in [-0.25, -0.2) is 0 Å². The minimum absolute atomic E-state index is 0.0198. The number of aliphatic hydroxyl groups excluding tert-OH is 2. The van der Waals surface area contributed by atoms with Crippen molar-refractivity contribution in [1.82, 2.24) is 0 Å². The van der Waals surface area contributed by atoms with Gasteiger partial charge in [-0.3, -0.25) is 4.79 Å². The second kappa shape index (κ2) is 7.82. The molecule has 4 aliphatic rings. The second-order valence-electron chi connectivity index (χ2n) is 11.5. The first-order chi connectivity index (χ1) is 13.7. The molecule has 0 aromatic heterocycles. The number of fused-ring (bicyclic) bond motifs is 5. The van der Waals surface area contributed by atoms with Crippen LogP contribution in [0.2, 0.25) is 0 Å². The van der Waals surface area contributed by atoms with Crippen molar-refractivity contribution in [3.63, 3.8) is 0 Å². The van der Waals surface area contributed by atoms with Crippen molar-refractivity contribution in [3.05, 3.63) is 0 Å². The molecule has 0 unspecified atom stereocenters. The molecule has 4 aliphatic carbocycles. The normalized spacial score (nSPS) is 50.2. The summed E-state index contributed by atoms with van der Waals surface area (Å²) in [5.41, 5.74) is 0.271. The smallest absolute Gasteiger partial charge is 0.305 e. The first-order valence-electron chi connectivity index (χ1n) is 12.1. The molecule has 10 atom stereocenters. The molecule has 29 heavy (non-hydrogen) atoms. The van der Waals surface area contributed by atoms with Gasteiger partial charge in [-0.1, -0.05) is 20.8 Å². The lowest BCUT2D eigenvalue weighted by Gasteiger charge is -2.62. The number of rotatable bonds is 4. The molecule has 0 aromatic rings. The molecule has 2 N–H and O–H groups in total. The van der Waals surface area contributed by atoms with Crippen molar-refractivity contribution in [2.45, 2.75) is 97.2 Å². The summed E-state index contributed by atoms with van der Waals surface area (Å²) >= 11 is 0. The molecule has 4 fully saturated rings. The number of esters is 1. The Labute approximate surface area is 176 Å². The number of carbonyl (C=O) groups is 1. The van der Waals surface area contributed by atoms with Crippen LogP contribution in [0.25, 0.3) is 0 Å². The van der Waals surface area contributed by atoms with Gasteiger partial charge < -0.3 is 14.9 Å². The van der Waals surface area contributed by atoms with Crippen LogP contribution in [-0.4, -0.2) is 35.5 Å². The van der Waals surface area contributed by atoms with Gasteiger partial charge in [-0.2, -0.15) is 0 Å². The fourth-order valence-corrected chi connectivity index (χ4v) is 8.81. The van der Waals surface area contributed by atoms with E-state index in [0.717, 1.165) is 38.0 Å². The average molecular weight is 407 g/mol. The van der Waals surface area contributed by atoms with Crippen LogP contribution in [0.5, 0.6) is 0 Å². The van der Waals surface area contributed by atoms with Crippen molar-refractivity contribution in [3.8, 4) is 0 Å². The lowest BCUT2D eigenvalue weighted by molar-refractivity contribution is -0.175. The van der Waals surface area contributed by atoms with Crippen molar-refractivity contribution < 1.29 is 19.7 Å². The van der Waals surface area contributed by atoms with E-state index in [2.05, 4.69) is 20.8 Å². The molecule has 4 saturated carbocycles. The van der Waals surface area contributed by atoms with Crippen LogP contribution in [0, 0.1) is 46.3 Å². The molecule has 0 bridgehead atoms. The van der Waals surface area contributed by atoms with Crippen LogP contribution < -0.4 is 0 Å². The molecule has 166 valence electrons. The highest BCUT2D eigenvalue weighted by Gasteiger charge is 2.63. The predicted octanol–water partition coefficient (Wildman–Crippen LogP) is 4.57. The van der Waals surface area contributed by atoms with Crippen LogP contribution in [0.3, 0.4) is 0 Å². The molecule has 4 rings (SSSR count). The fourth-order valence-electron chi connectivity index (χ4n) is 8.81. The summed E-state index contributed by atoms with van der Waals surface area (Å²) in [4.78, 5) is 11.6. The maximum Gasteiger partial charge on any atom is 0.305 e. The molecule has 0 amide bonds. The largest absolute Gasteiger partial charge is 0.469 e. The molecule has 4 nitrogen and oxygen atoms in total. The molecule has 0 heterocycles. The van der Waals surface area contributed by atoms with Gasteiger partial charge >= 0.3 is 5.97 Å². The minimum atomic E-state index is -0.246. The summed E-state index contributed by atoms with van der Waals surface area (Å²) in [6.07, 6.45) is 9.86. The Morgan fingerprint density at radius 2 is 1.83 bits per heavy atom. The van der Waals surface area contributed by atoms with E-state index in [-0.39, 0.29) is 23.6 Å². The summed E-state index contributed by atoms with van der Waals surface area (Å²) in [7, 11) is 1.46. The summed E-state index contributed by atoms with van der Waals surface area (Å²) < 4.78 is 4.85. The third-order valence-electron chi connectivity index (χ3n) is 10.5. The van der Waals surface area contributed by atoms with E-state index in [9.17, 15) is 15.0 Å². The Hall–Kier alpha value is -0.610. The highest BCUT2D eigenvalue weighted by atomic mass is 16.5. The van der Waals surface area contributed by atoms with E-state index in [0.29, 0.717) is 41.4 Å². The number of hydrogen-bond acceptors (Lipinski definition) is 4. The van der Waals surface area contributed by atoms with Gasteiger partial charge in [0.15, 0.2) is 0 Å². The monoisotopic (exact) mass is 406 g/mol. The zero-order valence-corrected chi connectivity index (χ0v) is 18.9. The molecule has 0 aliphatic heterocycles. The lowest BCUT2D eigenvalue weighted by Crippen LogP contribution is -2.58.